The molecule has 0 saturated heterocycles. The van der Waals surface area contributed by atoms with Crippen molar-refractivity contribution in [3.8, 4) is 11.4 Å². The average molecular weight is 256 g/mol. The maximum Gasteiger partial charge on any atom is 0.356 e. The summed E-state index contributed by atoms with van der Waals surface area (Å²) in [4.78, 5) is 19.7. The van der Waals surface area contributed by atoms with E-state index in [1.807, 2.05) is 31.2 Å². The molecule has 0 aliphatic heterocycles. The van der Waals surface area contributed by atoms with Crippen molar-refractivity contribution >= 4 is 11.7 Å². The van der Waals surface area contributed by atoms with Gasteiger partial charge in [0.15, 0.2) is 11.5 Å². The maximum atomic E-state index is 11.2. The van der Waals surface area contributed by atoms with Crippen LogP contribution in [0.3, 0.4) is 0 Å². The van der Waals surface area contributed by atoms with Crippen LogP contribution in [0.1, 0.15) is 21.7 Å². The number of rotatable bonds is 2. The third-order valence-corrected chi connectivity index (χ3v) is 3.07. The number of hydrogen-bond donors (Lipinski definition) is 2. The van der Waals surface area contributed by atoms with Crippen LogP contribution in [0.4, 0.5) is 0 Å². The normalized spacial score (nSPS) is 11.1. The quantitative estimate of drug-likeness (QED) is 0.735. The zero-order valence-electron chi connectivity index (χ0n) is 10.5. The SMILES string of the molecule is Cc1ccccc1-c1nc2nc(C)c(C(=O)O)n2[nH]1. The number of carboxylic acid groups (broad SMARTS) is 1. The van der Waals surface area contributed by atoms with Crippen LogP contribution < -0.4 is 0 Å². The van der Waals surface area contributed by atoms with Gasteiger partial charge in [-0.05, 0) is 19.4 Å². The molecule has 1 aromatic carbocycles. The molecule has 2 heterocycles. The van der Waals surface area contributed by atoms with Crippen molar-refractivity contribution in [2.75, 3.05) is 0 Å². The van der Waals surface area contributed by atoms with Crippen molar-refractivity contribution in [3.63, 3.8) is 0 Å². The Morgan fingerprint density at radius 1 is 1.26 bits per heavy atom. The number of imidazole rings is 1. The predicted octanol–water partition coefficient (Wildman–Crippen LogP) is 2.04. The molecule has 19 heavy (non-hydrogen) atoms. The molecular weight excluding hydrogens is 244 g/mol. The minimum atomic E-state index is -1.02. The zero-order valence-corrected chi connectivity index (χ0v) is 10.5. The average Bonchev–Trinajstić information content (AvgIpc) is 2.85. The number of aromatic amines is 1. The third-order valence-electron chi connectivity index (χ3n) is 3.07. The number of carboxylic acids is 1. The third kappa shape index (κ3) is 1.69. The van der Waals surface area contributed by atoms with Gasteiger partial charge in [-0.1, -0.05) is 24.3 Å². The van der Waals surface area contributed by atoms with Crippen LogP contribution in [-0.2, 0) is 0 Å². The number of fused-ring (bicyclic) bond motifs is 1. The molecule has 0 amide bonds. The smallest absolute Gasteiger partial charge is 0.356 e. The second-order valence-corrected chi connectivity index (χ2v) is 4.37. The van der Waals surface area contributed by atoms with E-state index in [1.165, 1.54) is 4.52 Å². The molecule has 2 N–H and O–H groups in total. The van der Waals surface area contributed by atoms with Crippen molar-refractivity contribution in [3.05, 3.63) is 41.2 Å². The van der Waals surface area contributed by atoms with Crippen LogP contribution in [0.25, 0.3) is 17.2 Å². The summed E-state index contributed by atoms with van der Waals surface area (Å²) in [5.74, 6) is -0.0405. The van der Waals surface area contributed by atoms with Gasteiger partial charge in [0.25, 0.3) is 5.78 Å². The Morgan fingerprint density at radius 3 is 2.68 bits per heavy atom. The summed E-state index contributed by atoms with van der Waals surface area (Å²) in [6, 6.07) is 7.77. The first-order chi connectivity index (χ1) is 9.08. The molecule has 0 radical (unpaired) electrons. The molecule has 0 atom stereocenters. The van der Waals surface area contributed by atoms with E-state index in [1.54, 1.807) is 6.92 Å². The summed E-state index contributed by atoms with van der Waals surface area (Å²) in [6.07, 6.45) is 0. The van der Waals surface area contributed by atoms with Gasteiger partial charge in [0.2, 0.25) is 0 Å². The van der Waals surface area contributed by atoms with Crippen LogP contribution in [0.2, 0.25) is 0 Å². The highest BCUT2D eigenvalue weighted by Crippen LogP contribution is 2.21. The highest BCUT2D eigenvalue weighted by Gasteiger charge is 2.19. The number of nitrogens with one attached hydrogen (secondary N) is 1. The Kier molecular flexibility index (Phi) is 2.38. The van der Waals surface area contributed by atoms with Gasteiger partial charge < -0.3 is 5.11 Å². The second kappa shape index (κ2) is 3.94. The van der Waals surface area contributed by atoms with E-state index in [-0.39, 0.29) is 5.69 Å². The highest BCUT2D eigenvalue weighted by molar-refractivity contribution is 5.88. The van der Waals surface area contributed by atoms with Gasteiger partial charge >= 0.3 is 5.97 Å². The fourth-order valence-corrected chi connectivity index (χ4v) is 2.14. The first-order valence-electron chi connectivity index (χ1n) is 5.82. The fourth-order valence-electron chi connectivity index (χ4n) is 2.14. The van der Waals surface area contributed by atoms with E-state index in [0.717, 1.165) is 11.1 Å². The van der Waals surface area contributed by atoms with Crippen LogP contribution in [0.5, 0.6) is 0 Å². The van der Waals surface area contributed by atoms with Gasteiger partial charge in [-0.3, -0.25) is 5.10 Å². The van der Waals surface area contributed by atoms with Crippen molar-refractivity contribution in [2.45, 2.75) is 13.8 Å². The van der Waals surface area contributed by atoms with Crippen molar-refractivity contribution in [1.29, 1.82) is 0 Å². The summed E-state index contributed by atoms with van der Waals surface area (Å²) in [5, 5.41) is 12.2. The van der Waals surface area contributed by atoms with Crippen LogP contribution >= 0.6 is 0 Å². The Balaban J connectivity index is 2.24. The Morgan fingerprint density at radius 2 is 2.00 bits per heavy atom. The molecule has 2 aromatic heterocycles. The molecule has 3 rings (SSSR count). The summed E-state index contributed by atoms with van der Waals surface area (Å²) < 4.78 is 1.40. The number of benzene rings is 1. The van der Waals surface area contributed by atoms with E-state index in [0.29, 0.717) is 17.3 Å². The lowest BCUT2D eigenvalue weighted by molar-refractivity contribution is 0.0687. The Bertz CT molecular complexity index is 785. The lowest BCUT2D eigenvalue weighted by atomic mass is 10.1. The van der Waals surface area contributed by atoms with Crippen LogP contribution in [0.15, 0.2) is 24.3 Å². The highest BCUT2D eigenvalue weighted by atomic mass is 16.4. The molecule has 3 aromatic rings. The second-order valence-electron chi connectivity index (χ2n) is 4.37. The molecule has 0 aliphatic rings. The van der Waals surface area contributed by atoms with E-state index in [4.69, 9.17) is 0 Å². The summed E-state index contributed by atoms with van der Waals surface area (Å²) in [6.45, 7) is 3.63. The summed E-state index contributed by atoms with van der Waals surface area (Å²) in [7, 11) is 0. The van der Waals surface area contributed by atoms with Gasteiger partial charge in [0, 0.05) is 5.56 Å². The Labute approximate surface area is 108 Å². The number of aryl methyl sites for hydroxylation is 2. The lowest BCUT2D eigenvalue weighted by Crippen LogP contribution is -2.04. The molecule has 0 fully saturated rings. The van der Waals surface area contributed by atoms with Crippen molar-refractivity contribution in [2.24, 2.45) is 0 Å². The van der Waals surface area contributed by atoms with E-state index < -0.39 is 5.97 Å². The van der Waals surface area contributed by atoms with Crippen molar-refractivity contribution < 1.29 is 9.90 Å². The molecule has 0 unspecified atom stereocenters. The summed E-state index contributed by atoms with van der Waals surface area (Å²) in [5.41, 5.74) is 2.56. The number of nitrogens with zero attached hydrogens (tertiary/aromatic N) is 3. The minimum absolute atomic E-state index is 0.113. The Hall–Kier alpha value is -2.63. The van der Waals surface area contributed by atoms with E-state index >= 15 is 0 Å². The number of aromatic carboxylic acids is 1. The fraction of sp³-hybridized carbons (Fsp3) is 0.154. The van der Waals surface area contributed by atoms with E-state index in [2.05, 4.69) is 15.1 Å². The predicted molar refractivity (Wildman–Crippen MR) is 69.2 cm³/mol. The molecule has 0 saturated carbocycles. The molecule has 96 valence electrons. The van der Waals surface area contributed by atoms with Gasteiger partial charge in [0.1, 0.15) is 0 Å². The number of H-pyrrole nitrogens is 1. The standard InChI is InChI=1S/C13H12N4O2/c1-7-5-3-4-6-9(7)11-15-13-14-8(2)10(12(18)19)17(13)16-11/h3-6H,1-2H3,(H,18,19)(H,14,15,16). The van der Waals surface area contributed by atoms with Gasteiger partial charge in [-0.25, -0.2) is 14.3 Å². The van der Waals surface area contributed by atoms with Crippen LogP contribution in [0, 0.1) is 13.8 Å². The molecule has 0 aliphatic carbocycles. The number of carbonyl (C=O) groups is 1. The number of aromatic nitrogens is 4. The molecular formula is C13H12N4O2. The lowest BCUT2D eigenvalue weighted by Gasteiger charge is -2.00. The minimum Gasteiger partial charge on any atom is -0.476 e. The summed E-state index contributed by atoms with van der Waals surface area (Å²) >= 11 is 0. The monoisotopic (exact) mass is 256 g/mol. The van der Waals surface area contributed by atoms with Gasteiger partial charge in [-0.2, -0.15) is 4.98 Å². The largest absolute Gasteiger partial charge is 0.476 e. The molecule has 6 heteroatoms. The number of hydrogen-bond acceptors (Lipinski definition) is 3. The molecule has 0 spiro atoms. The van der Waals surface area contributed by atoms with Gasteiger partial charge in [0.05, 0.1) is 5.69 Å². The zero-order chi connectivity index (χ0) is 13.6. The van der Waals surface area contributed by atoms with E-state index in [9.17, 15) is 9.90 Å². The van der Waals surface area contributed by atoms with Gasteiger partial charge in [-0.15, -0.1) is 0 Å². The first kappa shape index (κ1) is 11.5. The first-order valence-corrected chi connectivity index (χ1v) is 5.82. The topological polar surface area (TPSA) is 83.3 Å². The van der Waals surface area contributed by atoms with Crippen molar-refractivity contribution in [1.82, 2.24) is 19.6 Å². The van der Waals surface area contributed by atoms with Crippen LogP contribution in [-0.4, -0.2) is 30.7 Å². The maximum absolute atomic E-state index is 11.2. The molecule has 0 bridgehead atoms. The molecule has 6 nitrogen and oxygen atoms in total.